The van der Waals surface area contributed by atoms with Crippen molar-refractivity contribution in [3.05, 3.63) is 48.0 Å². The van der Waals surface area contributed by atoms with E-state index in [2.05, 4.69) is 14.3 Å². The van der Waals surface area contributed by atoms with Gasteiger partial charge in [0.05, 0.1) is 24.3 Å². The van der Waals surface area contributed by atoms with E-state index in [1.165, 1.54) is 0 Å². The van der Waals surface area contributed by atoms with Crippen molar-refractivity contribution in [2.75, 3.05) is 17.0 Å². The van der Waals surface area contributed by atoms with Gasteiger partial charge in [-0.25, -0.2) is 13.4 Å². The summed E-state index contributed by atoms with van der Waals surface area (Å²) >= 11 is 0. The number of hydrogen-bond donors (Lipinski definition) is 1. The molecule has 2 heterocycles. The Morgan fingerprint density at radius 2 is 2.00 bits per heavy atom. The van der Waals surface area contributed by atoms with E-state index in [9.17, 15) is 13.2 Å². The van der Waals surface area contributed by atoms with Gasteiger partial charge in [-0.2, -0.15) is 0 Å². The zero-order valence-electron chi connectivity index (χ0n) is 13.5. The van der Waals surface area contributed by atoms with Crippen molar-refractivity contribution in [3.8, 4) is 0 Å². The molecular weight excluding hydrogens is 328 g/mol. The summed E-state index contributed by atoms with van der Waals surface area (Å²) in [5.41, 5.74) is 2.03. The van der Waals surface area contributed by atoms with Gasteiger partial charge >= 0.3 is 0 Å². The molecule has 1 N–H and O–H groups in total. The van der Waals surface area contributed by atoms with Gasteiger partial charge in [0.1, 0.15) is 0 Å². The lowest BCUT2D eigenvalue weighted by Gasteiger charge is -2.20. The first-order valence-electron chi connectivity index (χ1n) is 7.87. The molecule has 3 rings (SSSR count). The Morgan fingerprint density at radius 3 is 2.71 bits per heavy atom. The molecule has 7 nitrogen and oxygen atoms in total. The van der Waals surface area contributed by atoms with E-state index >= 15 is 0 Å². The molecular formula is C16H20N4O3S. The number of rotatable bonds is 4. The fourth-order valence-electron chi connectivity index (χ4n) is 2.68. The number of sulfonamides is 1. The second kappa shape index (κ2) is 6.64. The number of carbonyl (C=O) groups is 1. The van der Waals surface area contributed by atoms with Crippen LogP contribution in [0.3, 0.4) is 0 Å². The first kappa shape index (κ1) is 16.5. The highest BCUT2D eigenvalue weighted by Gasteiger charge is 2.20. The fraction of sp³-hybridized carbons (Fsp3) is 0.375. The number of amides is 1. The monoisotopic (exact) mass is 348 g/mol. The largest absolute Gasteiger partial charge is 0.333 e. The highest BCUT2D eigenvalue weighted by Crippen LogP contribution is 2.17. The van der Waals surface area contributed by atoms with Gasteiger partial charge in [-0.05, 0) is 37.6 Å². The summed E-state index contributed by atoms with van der Waals surface area (Å²) in [6.45, 7) is 3.65. The van der Waals surface area contributed by atoms with E-state index in [1.54, 1.807) is 48.6 Å². The molecule has 0 radical (unpaired) electrons. The molecule has 0 bridgehead atoms. The molecule has 0 atom stereocenters. The van der Waals surface area contributed by atoms with Gasteiger partial charge in [0, 0.05) is 30.5 Å². The smallest absolute Gasteiger partial charge is 0.254 e. The maximum Gasteiger partial charge on any atom is 0.254 e. The Hall–Kier alpha value is -2.35. The van der Waals surface area contributed by atoms with Gasteiger partial charge in [-0.1, -0.05) is 0 Å². The van der Waals surface area contributed by atoms with Crippen LogP contribution >= 0.6 is 0 Å². The zero-order valence-corrected chi connectivity index (χ0v) is 14.3. The number of hydrogen-bond acceptors (Lipinski definition) is 4. The van der Waals surface area contributed by atoms with Gasteiger partial charge in [-0.15, -0.1) is 0 Å². The van der Waals surface area contributed by atoms with Gasteiger partial charge in [0.15, 0.2) is 0 Å². The number of nitrogens with zero attached hydrogens (tertiary/aromatic N) is 3. The number of nitrogens with one attached hydrogen (secondary N) is 1. The molecule has 128 valence electrons. The van der Waals surface area contributed by atoms with Crippen LogP contribution in [0.15, 0.2) is 36.8 Å². The van der Waals surface area contributed by atoms with Gasteiger partial charge < -0.3 is 9.47 Å². The summed E-state index contributed by atoms with van der Waals surface area (Å²) in [7, 11) is -3.31. The van der Waals surface area contributed by atoms with Gasteiger partial charge in [0.25, 0.3) is 5.91 Å². The Kier molecular flexibility index (Phi) is 4.57. The van der Waals surface area contributed by atoms with Crippen LogP contribution in [0.25, 0.3) is 0 Å². The standard InChI is InChI=1S/C16H20N4O3S/c1-2-24(22,23)18-14-6-4-13(5-7-14)16(21)19-8-3-9-20-12-17-10-15(20)11-19/h4-7,10,12,18H,2-3,8-9,11H2,1H3. The van der Waals surface area contributed by atoms with Crippen molar-refractivity contribution in [1.29, 1.82) is 0 Å². The molecule has 1 aliphatic rings. The molecule has 0 saturated heterocycles. The lowest BCUT2D eigenvalue weighted by atomic mass is 10.1. The number of aryl methyl sites for hydroxylation is 1. The van der Waals surface area contributed by atoms with Crippen molar-refractivity contribution in [2.24, 2.45) is 0 Å². The van der Waals surface area contributed by atoms with Crippen LogP contribution in [0.5, 0.6) is 0 Å². The SMILES string of the molecule is CCS(=O)(=O)Nc1ccc(C(=O)N2CCCn3cncc3C2)cc1. The van der Waals surface area contributed by atoms with E-state index in [0.29, 0.717) is 24.3 Å². The van der Waals surface area contributed by atoms with Crippen LogP contribution in [-0.4, -0.2) is 41.1 Å². The van der Waals surface area contributed by atoms with Crippen molar-refractivity contribution in [1.82, 2.24) is 14.5 Å². The summed E-state index contributed by atoms with van der Waals surface area (Å²) in [6, 6.07) is 6.53. The Labute approximate surface area is 141 Å². The predicted octanol–water partition coefficient (Wildman–Crippen LogP) is 1.69. The summed E-state index contributed by atoms with van der Waals surface area (Å²) in [6.07, 6.45) is 4.45. The number of benzene rings is 1. The van der Waals surface area contributed by atoms with Crippen molar-refractivity contribution in [3.63, 3.8) is 0 Å². The van der Waals surface area contributed by atoms with E-state index in [-0.39, 0.29) is 11.7 Å². The molecule has 8 heteroatoms. The molecule has 2 aromatic rings. The molecule has 1 aromatic carbocycles. The fourth-order valence-corrected chi connectivity index (χ4v) is 3.32. The summed E-state index contributed by atoms with van der Waals surface area (Å²) in [5.74, 6) is -0.0515. The summed E-state index contributed by atoms with van der Waals surface area (Å²) in [5, 5.41) is 0. The highest BCUT2D eigenvalue weighted by atomic mass is 32.2. The third-order valence-corrected chi connectivity index (χ3v) is 5.36. The van der Waals surface area contributed by atoms with Crippen LogP contribution < -0.4 is 4.72 Å². The number of imidazole rings is 1. The maximum atomic E-state index is 12.7. The number of anilines is 1. The number of aromatic nitrogens is 2. The molecule has 0 unspecified atom stereocenters. The van der Waals surface area contributed by atoms with Crippen LogP contribution in [-0.2, 0) is 23.1 Å². The topological polar surface area (TPSA) is 84.3 Å². The van der Waals surface area contributed by atoms with E-state index in [0.717, 1.165) is 18.7 Å². The third kappa shape index (κ3) is 3.59. The molecule has 0 fully saturated rings. The van der Waals surface area contributed by atoms with Gasteiger partial charge in [0.2, 0.25) is 10.0 Å². The minimum Gasteiger partial charge on any atom is -0.333 e. The third-order valence-electron chi connectivity index (χ3n) is 4.05. The quantitative estimate of drug-likeness (QED) is 0.911. The lowest BCUT2D eigenvalue weighted by molar-refractivity contribution is 0.0745. The molecule has 0 spiro atoms. The number of carbonyl (C=O) groups excluding carboxylic acids is 1. The second-order valence-corrected chi connectivity index (χ2v) is 7.75. The average molecular weight is 348 g/mol. The van der Waals surface area contributed by atoms with Crippen LogP contribution in [0.1, 0.15) is 29.4 Å². The van der Waals surface area contributed by atoms with Gasteiger partial charge in [-0.3, -0.25) is 9.52 Å². The maximum absolute atomic E-state index is 12.7. The van der Waals surface area contributed by atoms with Crippen molar-refractivity contribution < 1.29 is 13.2 Å². The Balaban J connectivity index is 1.73. The Bertz CT molecular complexity index is 827. The average Bonchev–Trinajstić information content (AvgIpc) is 2.91. The van der Waals surface area contributed by atoms with Crippen LogP contribution in [0, 0.1) is 0 Å². The molecule has 0 aliphatic carbocycles. The van der Waals surface area contributed by atoms with Crippen LogP contribution in [0.4, 0.5) is 5.69 Å². The van der Waals surface area contributed by atoms with Crippen molar-refractivity contribution in [2.45, 2.75) is 26.4 Å². The molecule has 1 amide bonds. The zero-order chi connectivity index (χ0) is 17.2. The Morgan fingerprint density at radius 1 is 1.25 bits per heavy atom. The van der Waals surface area contributed by atoms with Crippen molar-refractivity contribution >= 4 is 21.6 Å². The predicted molar refractivity (Wildman–Crippen MR) is 91.1 cm³/mol. The first-order valence-corrected chi connectivity index (χ1v) is 9.52. The van der Waals surface area contributed by atoms with E-state index in [4.69, 9.17) is 0 Å². The summed E-state index contributed by atoms with van der Waals surface area (Å²) < 4.78 is 27.7. The lowest BCUT2D eigenvalue weighted by Crippen LogP contribution is -2.30. The van der Waals surface area contributed by atoms with Crippen LogP contribution in [0.2, 0.25) is 0 Å². The minimum atomic E-state index is -3.31. The molecule has 1 aromatic heterocycles. The minimum absolute atomic E-state index is 0.00907. The summed E-state index contributed by atoms with van der Waals surface area (Å²) in [4.78, 5) is 18.6. The second-order valence-electron chi connectivity index (χ2n) is 5.74. The highest BCUT2D eigenvalue weighted by molar-refractivity contribution is 7.92. The van der Waals surface area contributed by atoms with E-state index in [1.807, 2.05) is 0 Å². The first-order chi connectivity index (χ1) is 11.5. The van der Waals surface area contributed by atoms with E-state index < -0.39 is 10.0 Å². The molecule has 1 aliphatic heterocycles. The molecule has 24 heavy (non-hydrogen) atoms. The molecule has 0 saturated carbocycles. The number of fused-ring (bicyclic) bond motifs is 1. The normalized spacial score (nSPS) is 14.8.